The molecular weight excluding hydrogens is 436 g/mol. The topological polar surface area (TPSA) is 49.0 Å². The van der Waals surface area contributed by atoms with Crippen molar-refractivity contribution in [2.45, 2.75) is 44.4 Å². The summed E-state index contributed by atoms with van der Waals surface area (Å²) in [4.78, 5) is 4.51. The summed E-state index contributed by atoms with van der Waals surface area (Å²) >= 11 is 11.7. The summed E-state index contributed by atoms with van der Waals surface area (Å²) in [6.07, 6.45) is 7.89. The van der Waals surface area contributed by atoms with Gasteiger partial charge in [-0.15, -0.1) is 0 Å². The van der Waals surface area contributed by atoms with Crippen LogP contribution < -0.4 is 16.0 Å². The lowest BCUT2D eigenvalue weighted by molar-refractivity contribution is 0.292. The Morgan fingerprint density at radius 1 is 1.00 bits per heavy atom. The van der Waals surface area contributed by atoms with Crippen LogP contribution in [0.25, 0.3) is 0 Å². The molecule has 1 aliphatic rings. The third-order valence-electron chi connectivity index (χ3n) is 6.28. The van der Waals surface area contributed by atoms with Crippen molar-refractivity contribution in [3.63, 3.8) is 0 Å². The summed E-state index contributed by atoms with van der Waals surface area (Å²) < 4.78 is 0. The van der Waals surface area contributed by atoms with Gasteiger partial charge in [-0.25, -0.2) is 4.98 Å². The van der Waals surface area contributed by atoms with Gasteiger partial charge in [-0.2, -0.15) is 0 Å². The van der Waals surface area contributed by atoms with E-state index in [0.29, 0.717) is 5.11 Å². The molecule has 0 saturated heterocycles. The van der Waals surface area contributed by atoms with Crippen molar-refractivity contribution in [1.82, 2.24) is 10.3 Å². The Kier molecular flexibility index (Phi) is 7.28. The molecular formula is C26H29ClN4S. The number of thiocarbonyl (C=S) groups is 1. The van der Waals surface area contributed by atoms with Gasteiger partial charge in [-0.3, -0.25) is 0 Å². The number of para-hydroxylation sites is 1. The Labute approximate surface area is 200 Å². The normalized spacial score (nSPS) is 15.1. The summed E-state index contributed by atoms with van der Waals surface area (Å²) in [5.74, 6) is 0.799. The van der Waals surface area contributed by atoms with E-state index in [1.165, 1.54) is 30.4 Å². The number of hydrogen-bond acceptors (Lipinski definition) is 3. The molecule has 166 valence electrons. The average Bonchev–Trinajstić information content (AvgIpc) is 2.81. The maximum absolute atomic E-state index is 6.12. The molecule has 3 aromatic rings. The van der Waals surface area contributed by atoms with E-state index in [2.05, 4.69) is 46.1 Å². The molecule has 0 amide bonds. The second-order valence-electron chi connectivity index (χ2n) is 8.53. The highest BCUT2D eigenvalue weighted by Gasteiger charge is 2.33. The number of nitrogens with zero attached hydrogens (tertiary/aromatic N) is 1. The first-order valence-corrected chi connectivity index (χ1v) is 11.9. The Morgan fingerprint density at radius 2 is 1.75 bits per heavy atom. The van der Waals surface area contributed by atoms with Crippen molar-refractivity contribution in [2.75, 3.05) is 17.2 Å². The van der Waals surface area contributed by atoms with Crippen molar-refractivity contribution in [3.8, 4) is 0 Å². The fourth-order valence-corrected chi connectivity index (χ4v) is 4.73. The van der Waals surface area contributed by atoms with Gasteiger partial charge in [-0.1, -0.05) is 61.2 Å². The Bertz CT molecular complexity index is 1040. The number of hydrogen-bond donors (Lipinski definition) is 3. The smallest absolute Gasteiger partial charge is 0.170 e. The van der Waals surface area contributed by atoms with Crippen LogP contribution in [0.5, 0.6) is 0 Å². The second-order valence-corrected chi connectivity index (χ2v) is 9.37. The fourth-order valence-electron chi connectivity index (χ4n) is 4.42. The number of benzene rings is 2. The number of anilines is 3. The Morgan fingerprint density at radius 3 is 2.44 bits per heavy atom. The van der Waals surface area contributed by atoms with Crippen LogP contribution >= 0.6 is 23.8 Å². The summed E-state index contributed by atoms with van der Waals surface area (Å²) in [5.41, 5.74) is 4.53. The maximum atomic E-state index is 6.12. The van der Waals surface area contributed by atoms with Gasteiger partial charge >= 0.3 is 0 Å². The van der Waals surface area contributed by atoms with Crippen LogP contribution in [0.15, 0.2) is 66.9 Å². The van der Waals surface area contributed by atoms with E-state index in [9.17, 15) is 0 Å². The number of aromatic nitrogens is 1. The molecule has 2 aromatic carbocycles. The standard InChI is InChI=1S/C26H29ClN4S/c1-19-7-3-4-8-23(19)31-24-14-13-22(17-28-24)30-25(32)29-18-26(15-5-2-6-16-26)20-9-11-21(27)12-10-20/h3-4,7-14,17H,2,5-6,15-16,18H2,1H3,(H,28,31)(H2,29,30,32). The lowest BCUT2D eigenvalue weighted by atomic mass is 9.69. The molecule has 4 nitrogen and oxygen atoms in total. The van der Waals surface area contributed by atoms with Gasteiger partial charge in [0.25, 0.3) is 0 Å². The van der Waals surface area contributed by atoms with Crippen molar-refractivity contribution in [3.05, 3.63) is 83.0 Å². The molecule has 6 heteroatoms. The lowest BCUT2D eigenvalue weighted by Gasteiger charge is -2.38. The minimum atomic E-state index is 0.0914. The zero-order valence-corrected chi connectivity index (χ0v) is 19.9. The summed E-state index contributed by atoms with van der Waals surface area (Å²) in [6.45, 7) is 2.88. The van der Waals surface area contributed by atoms with E-state index >= 15 is 0 Å². The van der Waals surface area contributed by atoms with Gasteiger partial charge in [0.1, 0.15) is 5.82 Å². The van der Waals surface area contributed by atoms with E-state index in [1.54, 1.807) is 6.20 Å². The molecule has 0 atom stereocenters. The molecule has 0 unspecified atom stereocenters. The molecule has 0 bridgehead atoms. The van der Waals surface area contributed by atoms with Gasteiger partial charge in [-0.05, 0) is 73.4 Å². The first-order chi connectivity index (χ1) is 15.5. The molecule has 1 aromatic heterocycles. The molecule has 1 heterocycles. The predicted molar refractivity (Wildman–Crippen MR) is 139 cm³/mol. The van der Waals surface area contributed by atoms with Gasteiger partial charge < -0.3 is 16.0 Å². The largest absolute Gasteiger partial charge is 0.362 e. The number of pyridine rings is 1. The Hall–Kier alpha value is -2.63. The van der Waals surface area contributed by atoms with Crippen LogP contribution in [0.1, 0.15) is 43.2 Å². The number of aryl methyl sites for hydroxylation is 1. The quantitative estimate of drug-likeness (QED) is 0.343. The maximum Gasteiger partial charge on any atom is 0.170 e. The number of nitrogens with one attached hydrogen (secondary N) is 3. The van der Waals surface area contributed by atoms with Crippen molar-refractivity contribution >= 4 is 46.1 Å². The highest BCUT2D eigenvalue weighted by atomic mass is 35.5. The van der Waals surface area contributed by atoms with Gasteiger partial charge in [0.2, 0.25) is 0 Å². The second kappa shape index (κ2) is 10.3. The monoisotopic (exact) mass is 464 g/mol. The van der Waals surface area contributed by atoms with Crippen LogP contribution in [-0.4, -0.2) is 16.6 Å². The van der Waals surface area contributed by atoms with Crippen molar-refractivity contribution in [1.29, 1.82) is 0 Å². The highest BCUT2D eigenvalue weighted by Crippen LogP contribution is 2.39. The van der Waals surface area contributed by atoms with E-state index in [-0.39, 0.29) is 5.41 Å². The molecule has 1 saturated carbocycles. The van der Waals surface area contributed by atoms with E-state index in [1.807, 2.05) is 42.5 Å². The molecule has 1 aliphatic carbocycles. The average molecular weight is 465 g/mol. The third-order valence-corrected chi connectivity index (χ3v) is 6.78. The molecule has 0 aliphatic heterocycles. The van der Waals surface area contributed by atoms with Crippen LogP contribution in [0.2, 0.25) is 5.02 Å². The fraction of sp³-hybridized carbons (Fsp3) is 0.308. The van der Waals surface area contributed by atoms with E-state index in [4.69, 9.17) is 23.8 Å². The van der Waals surface area contributed by atoms with Gasteiger partial charge in [0.15, 0.2) is 5.11 Å². The van der Waals surface area contributed by atoms with Crippen LogP contribution in [0.3, 0.4) is 0 Å². The SMILES string of the molecule is Cc1ccccc1Nc1ccc(NC(=S)NCC2(c3ccc(Cl)cc3)CCCCC2)cn1. The minimum Gasteiger partial charge on any atom is -0.362 e. The molecule has 1 fully saturated rings. The van der Waals surface area contributed by atoms with Crippen LogP contribution in [0.4, 0.5) is 17.2 Å². The highest BCUT2D eigenvalue weighted by molar-refractivity contribution is 7.80. The third kappa shape index (κ3) is 5.59. The summed E-state index contributed by atoms with van der Waals surface area (Å²) in [5, 5.41) is 11.5. The first kappa shape index (κ1) is 22.6. The zero-order chi connectivity index (χ0) is 22.4. The first-order valence-electron chi connectivity index (χ1n) is 11.1. The summed E-state index contributed by atoms with van der Waals surface area (Å²) in [7, 11) is 0. The minimum absolute atomic E-state index is 0.0914. The van der Waals surface area contributed by atoms with Crippen LogP contribution in [0, 0.1) is 6.92 Å². The van der Waals surface area contributed by atoms with E-state index < -0.39 is 0 Å². The van der Waals surface area contributed by atoms with Gasteiger partial charge in [0, 0.05) is 22.7 Å². The van der Waals surface area contributed by atoms with Crippen molar-refractivity contribution in [2.24, 2.45) is 0 Å². The van der Waals surface area contributed by atoms with E-state index in [0.717, 1.165) is 41.6 Å². The van der Waals surface area contributed by atoms with Crippen molar-refractivity contribution < 1.29 is 0 Å². The number of rotatable bonds is 6. The Balaban J connectivity index is 1.36. The summed E-state index contributed by atoms with van der Waals surface area (Å²) in [6, 6.07) is 20.4. The predicted octanol–water partition coefficient (Wildman–Crippen LogP) is 6.98. The zero-order valence-electron chi connectivity index (χ0n) is 18.3. The van der Waals surface area contributed by atoms with Crippen LogP contribution in [-0.2, 0) is 5.41 Å². The molecule has 0 radical (unpaired) electrons. The molecule has 3 N–H and O–H groups in total. The van der Waals surface area contributed by atoms with Gasteiger partial charge in [0.05, 0.1) is 11.9 Å². The molecule has 32 heavy (non-hydrogen) atoms. The number of halogens is 1. The lowest BCUT2D eigenvalue weighted by Crippen LogP contribution is -2.43. The molecule has 0 spiro atoms. The molecule has 4 rings (SSSR count).